The molecule has 4 rings (SSSR count). The second-order valence-corrected chi connectivity index (χ2v) is 8.52. The smallest absolute Gasteiger partial charge is 0.230 e. The number of hydrogen-bond donors (Lipinski definition) is 2. The highest BCUT2D eigenvalue weighted by Crippen LogP contribution is 2.41. The van der Waals surface area contributed by atoms with Crippen LogP contribution in [0.1, 0.15) is 42.1 Å². The van der Waals surface area contributed by atoms with Crippen molar-refractivity contribution in [1.82, 2.24) is 19.5 Å². The third-order valence-electron chi connectivity index (χ3n) is 4.84. The fraction of sp³-hybridized carbons (Fsp3) is 0.444. The summed E-state index contributed by atoms with van der Waals surface area (Å²) in [5.74, 6) is 0.895. The number of aromatic nitrogens is 3. The van der Waals surface area contributed by atoms with E-state index in [0.29, 0.717) is 4.96 Å². The molecule has 6 nitrogen and oxygen atoms in total. The van der Waals surface area contributed by atoms with Crippen LogP contribution in [-0.4, -0.2) is 48.9 Å². The lowest BCUT2D eigenvalue weighted by Gasteiger charge is -2.36. The van der Waals surface area contributed by atoms with Crippen molar-refractivity contribution < 1.29 is 10.2 Å². The number of aliphatic hydroxyl groups is 1. The summed E-state index contributed by atoms with van der Waals surface area (Å²) < 4.78 is 2.55. The minimum Gasteiger partial charge on any atom is -0.492 e. The minimum atomic E-state index is -0.238. The van der Waals surface area contributed by atoms with E-state index in [4.69, 9.17) is 0 Å². The van der Waals surface area contributed by atoms with Gasteiger partial charge in [0.15, 0.2) is 5.82 Å². The predicted molar refractivity (Wildman–Crippen MR) is 105 cm³/mol. The molecule has 8 heteroatoms. The molecule has 138 valence electrons. The molecule has 3 heterocycles. The lowest BCUT2D eigenvalue weighted by Crippen LogP contribution is -2.38. The summed E-state index contributed by atoms with van der Waals surface area (Å²) in [6, 6.07) is 8.08. The second-order valence-electron chi connectivity index (χ2n) is 6.59. The van der Waals surface area contributed by atoms with Crippen molar-refractivity contribution in [3.8, 4) is 5.88 Å². The SMILES string of the molecule is CCc1nc2sc([C@H](c3cccc(Br)c3)N3CCC(O)CC3)c(O)n2n1. The molecular weight excluding hydrogens is 416 g/mol. The van der Waals surface area contributed by atoms with Crippen LogP contribution in [0.2, 0.25) is 0 Å². The molecule has 1 saturated heterocycles. The Hall–Kier alpha value is -1.48. The maximum atomic E-state index is 10.9. The third kappa shape index (κ3) is 3.26. The number of aryl methyl sites for hydroxylation is 1. The lowest BCUT2D eigenvalue weighted by atomic mass is 9.99. The Morgan fingerprint density at radius 1 is 1.35 bits per heavy atom. The fourth-order valence-corrected chi connectivity index (χ4v) is 5.02. The molecule has 0 unspecified atom stereocenters. The number of aliphatic hydroxyl groups excluding tert-OH is 1. The summed E-state index contributed by atoms with van der Waals surface area (Å²) in [6.45, 7) is 3.57. The van der Waals surface area contributed by atoms with Gasteiger partial charge in [0.1, 0.15) is 0 Å². The van der Waals surface area contributed by atoms with Gasteiger partial charge in [0.25, 0.3) is 0 Å². The first-order valence-electron chi connectivity index (χ1n) is 8.81. The van der Waals surface area contributed by atoms with E-state index in [2.05, 4.69) is 43.0 Å². The van der Waals surface area contributed by atoms with Gasteiger partial charge in [0.2, 0.25) is 10.8 Å². The van der Waals surface area contributed by atoms with Gasteiger partial charge in [0, 0.05) is 24.0 Å². The molecule has 26 heavy (non-hydrogen) atoms. The zero-order valence-electron chi connectivity index (χ0n) is 14.5. The largest absolute Gasteiger partial charge is 0.492 e. The summed E-state index contributed by atoms with van der Waals surface area (Å²) in [4.78, 5) is 8.38. The van der Waals surface area contributed by atoms with Crippen LogP contribution in [0.3, 0.4) is 0 Å². The molecule has 0 saturated carbocycles. The molecule has 2 N–H and O–H groups in total. The first-order valence-corrected chi connectivity index (χ1v) is 10.4. The topological polar surface area (TPSA) is 73.9 Å². The summed E-state index contributed by atoms with van der Waals surface area (Å²) >= 11 is 5.04. The van der Waals surface area contributed by atoms with E-state index in [1.165, 1.54) is 11.3 Å². The van der Waals surface area contributed by atoms with Crippen molar-refractivity contribution >= 4 is 32.2 Å². The van der Waals surface area contributed by atoms with Crippen molar-refractivity contribution in [2.24, 2.45) is 0 Å². The minimum absolute atomic E-state index is 0.0847. The number of aromatic hydroxyl groups is 1. The van der Waals surface area contributed by atoms with Crippen molar-refractivity contribution in [3.63, 3.8) is 0 Å². The Balaban J connectivity index is 1.79. The summed E-state index contributed by atoms with van der Waals surface area (Å²) in [5, 5.41) is 25.1. The number of thiazole rings is 1. The standard InChI is InChI=1S/C18H21BrN4O2S/c1-2-14-20-18-23(21-14)17(25)16(26-18)15(11-4-3-5-12(19)10-11)22-8-6-13(24)7-9-22/h3-5,10,13,15,24-25H,2,6-9H2,1H3/t15-/m0/s1. The Morgan fingerprint density at radius 3 is 2.77 bits per heavy atom. The number of fused-ring (bicyclic) bond motifs is 1. The molecule has 1 aliphatic rings. The highest BCUT2D eigenvalue weighted by atomic mass is 79.9. The molecule has 3 aromatic rings. The average Bonchev–Trinajstić information content (AvgIpc) is 3.17. The van der Waals surface area contributed by atoms with Crippen LogP contribution in [0.25, 0.3) is 4.96 Å². The quantitative estimate of drug-likeness (QED) is 0.655. The number of halogens is 1. The van der Waals surface area contributed by atoms with Crippen molar-refractivity contribution in [1.29, 1.82) is 0 Å². The van der Waals surface area contributed by atoms with E-state index in [-0.39, 0.29) is 18.0 Å². The van der Waals surface area contributed by atoms with E-state index >= 15 is 0 Å². The highest BCUT2D eigenvalue weighted by molar-refractivity contribution is 9.10. The summed E-state index contributed by atoms with van der Waals surface area (Å²) in [5.41, 5.74) is 1.10. The van der Waals surface area contributed by atoms with Gasteiger partial charge >= 0.3 is 0 Å². The molecule has 1 fully saturated rings. The third-order valence-corrected chi connectivity index (χ3v) is 6.40. The maximum Gasteiger partial charge on any atom is 0.230 e. The zero-order chi connectivity index (χ0) is 18.3. The van der Waals surface area contributed by atoms with E-state index in [0.717, 1.165) is 53.1 Å². The number of likely N-dealkylation sites (tertiary alicyclic amines) is 1. The first kappa shape index (κ1) is 17.9. The normalized spacial score (nSPS) is 17.8. The summed E-state index contributed by atoms with van der Waals surface area (Å²) in [7, 11) is 0. The van der Waals surface area contributed by atoms with Gasteiger partial charge in [-0.3, -0.25) is 4.90 Å². The first-order chi connectivity index (χ1) is 12.6. The molecule has 0 radical (unpaired) electrons. The number of piperidine rings is 1. The molecular formula is C18H21BrN4O2S. The average molecular weight is 437 g/mol. The van der Waals surface area contributed by atoms with Gasteiger partial charge in [-0.25, -0.2) is 4.98 Å². The van der Waals surface area contributed by atoms with E-state index in [9.17, 15) is 10.2 Å². The molecule has 2 aromatic heterocycles. The number of rotatable bonds is 4. The van der Waals surface area contributed by atoms with Crippen molar-refractivity contribution in [2.45, 2.75) is 38.3 Å². The number of hydrogen-bond acceptors (Lipinski definition) is 6. The molecule has 0 spiro atoms. The van der Waals surface area contributed by atoms with Crippen LogP contribution in [0, 0.1) is 0 Å². The van der Waals surface area contributed by atoms with Gasteiger partial charge in [-0.2, -0.15) is 4.52 Å². The lowest BCUT2D eigenvalue weighted by molar-refractivity contribution is 0.0689. The van der Waals surface area contributed by atoms with Gasteiger partial charge < -0.3 is 10.2 Å². The molecule has 1 atom stereocenters. The molecule has 0 bridgehead atoms. The Labute approximate surface area is 164 Å². The molecule has 1 aliphatic heterocycles. The van der Waals surface area contributed by atoms with Gasteiger partial charge in [0.05, 0.1) is 17.0 Å². The zero-order valence-corrected chi connectivity index (χ0v) is 16.9. The van der Waals surface area contributed by atoms with E-state index < -0.39 is 0 Å². The van der Waals surface area contributed by atoms with Crippen molar-refractivity contribution in [3.05, 3.63) is 45.0 Å². The fourth-order valence-electron chi connectivity index (χ4n) is 3.47. The summed E-state index contributed by atoms with van der Waals surface area (Å²) in [6.07, 6.45) is 1.98. The molecule has 0 aliphatic carbocycles. The van der Waals surface area contributed by atoms with Crippen molar-refractivity contribution in [2.75, 3.05) is 13.1 Å². The predicted octanol–water partition coefficient (Wildman–Crippen LogP) is 3.37. The Bertz CT molecular complexity index is 917. The van der Waals surface area contributed by atoms with Crippen LogP contribution in [0.4, 0.5) is 0 Å². The van der Waals surface area contributed by atoms with Crippen LogP contribution < -0.4 is 0 Å². The number of nitrogens with zero attached hydrogens (tertiary/aromatic N) is 4. The van der Waals surface area contributed by atoms with Crippen LogP contribution in [-0.2, 0) is 6.42 Å². The Morgan fingerprint density at radius 2 is 2.12 bits per heavy atom. The Kier molecular flexibility index (Phi) is 5.00. The van der Waals surface area contributed by atoms with Gasteiger partial charge in [-0.05, 0) is 30.5 Å². The molecule has 1 aromatic carbocycles. The van der Waals surface area contributed by atoms with Crippen LogP contribution in [0.15, 0.2) is 28.7 Å². The van der Waals surface area contributed by atoms with Crippen LogP contribution in [0.5, 0.6) is 5.88 Å². The maximum absolute atomic E-state index is 10.9. The molecule has 0 amide bonds. The monoisotopic (exact) mass is 436 g/mol. The van der Waals surface area contributed by atoms with E-state index in [1.54, 1.807) is 4.52 Å². The van der Waals surface area contributed by atoms with E-state index in [1.807, 2.05) is 19.1 Å². The number of benzene rings is 1. The highest BCUT2D eigenvalue weighted by Gasteiger charge is 2.31. The van der Waals surface area contributed by atoms with Gasteiger partial charge in [-0.15, -0.1) is 5.10 Å². The second kappa shape index (κ2) is 7.26. The van der Waals surface area contributed by atoms with Gasteiger partial charge in [-0.1, -0.05) is 46.3 Å². The van der Waals surface area contributed by atoms with Crippen LogP contribution >= 0.6 is 27.3 Å².